The van der Waals surface area contributed by atoms with Crippen LogP contribution in [0.1, 0.15) is 27.7 Å². The van der Waals surface area contributed by atoms with Crippen molar-refractivity contribution in [3.63, 3.8) is 0 Å². The first-order valence-electron chi connectivity index (χ1n) is 11.9. The maximum Gasteiger partial charge on any atom is 0.262 e. The van der Waals surface area contributed by atoms with E-state index in [0.29, 0.717) is 18.2 Å². The quantitative estimate of drug-likeness (QED) is 0.315. The van der Waals surface area contributed by atoms with Crippen LogP contribution in [0.25, 0.3) is 0 Å². The molecule has 1 amide bonds. The summed E-state index contributed by atoms with van der Waals surface area (Å²) in [7, 11) is 0. The lowest BCUT2D eigenvalue weighted by Gasteiger charge is -2.46. The van der Waals surface area contributed by atoms with E-state index in [-0.39, 0.29) is 12.1 Å². The lowest BCUT2D eigenvalue weighted by Crippen LogP contribution is -2.49. The molecule has 5 heteroatoms. The first kappa shape index (κ1) is 21.8. The highest BCUT2D eigenvalue weighted by Crippen LogP contribution is 2.42. The number of ether oxygens (including phenoxy) is 1. The highest BCUT2D eigenvalue weighted by atomic mass is 32.2. The Kier molecular flexibility index (Phi) is 5.93. The fraction of sp³-hybridized carbons (Fsp3) is 0.167. The molecule has 0 N–H and O–H groups in total. The summed E-state index contributed by atoms with van der Waals surface area (Å²) >= 11 is 1.91. The first-order valence-corrected chi connectivity index (χ1v) is 13.1. The molecule has 4 aromatic carbocycles. The zero-order chi connectivity index (χ0) is 23.6. The number of thioether (sulfide) groups is 1. The van der Waals surface area contributed by atoms with E-state index in [1.807, 2.05) is 83.4 Å². The third-order valence-corrected chi connectivity index (χ3v) is 7.74. The summed E-state index contributed by atoms with van der Waals surface area (Å²) in [5.74, 6) is 2.97. The largest absolute Gasteiger partial charge is 0.489 e. The van der Waals surface area contributed by atoms with Crippen molar-refractivity contribution in [3.8, 4) is 5.75 Å². The van der Waals surface area contributed by atoms with Gasteiger partial charge in [0.15, 0.2) is 0 Å². The van der Waals surface area contributed by atoms with Crippen molar-refractivity contribution in [3.05, 3.63) is 126 Å². The average molecular weight is 479 g/mol. The number of rotatable bonds is 6. The van der Waals surface area contributed by atoms with E-state index in [0.717, 1.165) is 34.2 Å². The van der Waals surface area contributed by atoms with Crippen LogP contribution < -0.4 is 14.5 Å². The molecule has 0 aliphatic carbocycles. The summed E-state index contributed by atoms with van der Waals surface area (Å²) in [5, 5.41) is 0. The zero-order valence-electron chi connectivity index (χ0n) is 19.3. The summed E-state index contributed by atoms with van der Waals surface area (Å²) in [5.41, 5.74) is 4.78. The predicted molar refractivity (Wildman–Crippen MR) is 143 cm³/mol. The molecule has 0 saturated carbocycles. The number of hydrogen-bond acceptors (Lipinski definition) is 4. The molecule has 2 aliphatic heterocycles. The summed E-state index contributed by atoms with van der Waals surface area (Å²) < 4.78 is 6.09. The normalized spacial score (nSPS) is 17.6. The van der Waals surface area contributed by atoms with E-state index < -0.39 is 0 Å². The SMILES string of the molecule is O=C1c2ccccc2N(Cc2ccccc2)[C@H](c2ccc(OC3CSC3)cc2)N1c1ccccc1. The van der Waals surface area contributed by atoms with Gasteiger partial charge in [-0.25, -0.2) is 0 Å². The van der Waals surface area contributed by atoms with Gasteiger partial charge < -0.3 is 9.64 Å². The monoisotopic (exact) mass is 478 g/mol. The van der Waals surface area contributed by atoms with E-state index in [1.54, 1.807) is 0 Å². The summed E-state index contributed by atoms with van der Waals surface area (Å²) in [4.78, 5) is 18.2. The van der Waals surface area contributed by atoms with Gasteiger partial charge in [0.05, 0.1) is 11.3 Å². The van der Waals surface area contributed by atoms with Crippen molar-refractivity contribution in [2.75, 3.05) is 21.3 Å². The van der Waals surface area contributed by atoms with Crippen LogP contribution in [0.15, 0.2) is 109 Å². The van der Waals surface area contributed by atoms with Crippen LogP contribution in [0.5, 0.6) is 5.75 Å². The Bertz CT molecular complexity index is 1310. The molecule has 4 aromatic rings. The Morgan fingerprint density at radius 2 is 1.43 bits per heavy atom. The Morgan fingerprint density at radius 1 is 0.771 bits per heavy atom. The summed E-state index contributed by atoms with van der Waals surface area (Å²) in [6.45, 7) is 0.677. The number of fused-ring (bicyclic) bond motifs is 1. The van der Waals surface area contributed by atoms with Crippen LogP contribution in [-0.4, -0.2) is 23.5 Å². The smallest absolute Gasteiger partial charge is 0.262 e. The maximum absolute atomic E-state index is 13.9. The second kappa shape index (κ2) is 9.51. The molecular weight excluding hydrogens is 452 g/mol. The van der Waals surface area contributed by atoms with Gasteiger partial charge in [-0.15, -0.1) is 0 Å². The fourth-order valence-corrected chi connectivity index (χ4v) is 5.30. The number of carbonyl (C=O) groups excluding carboxylic acids is 1. The van der Waals surface area contributed by atoms with Gasteiger partial charge in [-0.05, 0) is 47.5 Å². The highest BCUT2D eigenvalue weighted by molar-refractivity contribution is 8.00. The number of nitrogens with zero attached hydrogens (tertiary/aromatic N) is 2. The number of hydrogen-bond donors (Lipinski definition) is 0. The van der Waals surface area contributed by atoms with Crippen LogP contribution in [0, 0.1) is 0 Å². The van der Waals surface area contributed by atoms with E-state index in [1.165, 1.54) is 5.56 Å². The molecule has 35 heavy (non-hydrogen) atoms. The van der Waals surface area contributed by atoms with Gasteiger partial charge in [-0.1, -0.05) is 72.8 Å². The molecule has 1 fully saturated rings. The lowest BCUT2D eigenvalue weighted by molar-refractivity contribution is 0.0968. The minimum absolute atomic E-state index is 0.00734. The first-order chi connectivity index (χ1) is 17.3. The van der Waals surface area contributed by atoms with Crippen molar-refractivity contribution in [1.82, 2.24) is 0 Å². The Balaban J connectivity index is 1.47. The van der Waals surface area contributed by atoms with Crippen LogP contribution in [0.4, 0.5) is 11.4 Å². The predicted octanol–water partition coefficient (Wildman–Crippen LogP) is 6.55. The molecule has 6 rings (SSSR count). The topological polar surface area (TPSA) is 32.8 Å². The Morgan fingerprint density at radius 3 is 2.11 bits per heavy atom. The molecule has 2 aliphatic rings. The third-order valence-electron chi connectivity index (χ3n) is 6.52. The van der Waals surface area contributed by atoms with Gasteiger partial charge in [0.2, 0.25) is 0 Å². The summed E-state index contributed by atoms with van der Waals surface area (Å²) in [6, 6.07) is 36.6. The van der Waals surface area contributed by atoms with E-state index in [4.69, 9.17) is 4.74 Å². The second-order valence-electron chi connectivity index (χ2n) is 8.86. The average Bonchev–Trinajstić information content (AvgIpc) is 2.89. The van der Waals surface area contributed by atoms with Crippen LogP contribution >= 0.6 is 11.8 Å². The Labute approximate surface area is 210 Å². The maximum atomic E-state index is 13.9. The number of carbonyl (C=O) groups is 1. The molecule has 1 atom stereocenters. The molecule has 0 unspecified atom stereocenters. The second-order valence-corrected chi connectivity index (χ2v) is 9.94. The minimum atomic E-state index is -0.298. The van der Waals surface area contributed by atoms with Gasteiger partial charge >= 0.3 is 0 Å². The summed E-state index contributed by atoms with van der Waals surface area (Å²) in [6.07, 6.45) is -0.00213. The third kappa shape index (κ3) is 4.28. The van der Waals surface area contributed by atoms with Crippen LogP contribution in [0.2, 0.25) is 0 Å². The lowest BCUT2D eigenvalue weighted by atomic mass is 9.99. The van der Waals surface area contributed by atoms with Crippen molar-refractivity contribution in [2.45, 2.75) is 18.8 Å². The number of benzene rings is 4. The fourth-order valence-electron chi connectivity index (χ4n) is 4.74. The van der Waals surface area contributed by atoms with E-state index in [2.05, 4.69) is 47.4 Å². The number of amides is 1. The van der Waals surface area contributed by atoms with Crippen LogP contribution in [0.3, 0.4) is 0 Å². The standard InChI is InChI=1S/C30H26N2O2S/c33-30-27-13-7-8-14-28(27)31(19-22-9-3-1-4-10-22)29(32(30)24-11-5-2-6-12-24)23-15-17-25(18-16-23)34-26-20-35-21-26/h1-18,26,29H,19-21H2/t29-/m0/s1. The van der Waals surface area contributed by atoms with E-state index in [9.17, 15) is 4.79 Å². The minimum Gasteiger partial charge on any atom is -0.489 e. The molecule has 0 spiro atoms. The van der Waals surface area contributed by atoms with E-state index >= 15 is 0 Å². The molecule has 2 heterocycles. The molecular formula is C30H26N2O2S. The van der Waals surface area contributed by atoms with Crippen molar-refractivity contribution in [2.24, 2.45) is 0 Å². The highest BCUT2D eigenvalue weighted by Gasteiger charge is 2.39. The van der Waals surface area contributed by atoms with Gasteiger partial charge in [0.25, 0.3) is 5.91 Å². The van der Waals surface area contributed by atoms with Gasteiger partial charge in [0, 0.05) is 23.7 Å². The molecule has 0 bridgehead atoms. The zero-order valence-corrected chi connectivity index (χ0v) is 20.1. The van der Waals surface area contributed by atoms with Gasteiger partial charge in [0.1, 0.15) is 18.0 Å². The number of para-hydroxylation sites is 2. The molecule has 174 valence electrons. The molecule has 0 aromatic heterocycles. The van der Waals surface area contributed by atoms with Crippen LogP contribution in [-0.2, 0) is 6.54 Å². The molecule has 1 saturated heterocycles. The van der Waals surface area contributed by atoms with Crippen molar-refractivity contribution >= 4 is 29.0 Å². The van der Waals surface area contributed by atoms with Gasteiger partial charge in [-0.2, -0.15) is 11.8 Å². The van der Waals surface area contributed by atoms with Gasteiger partial charge in [-0.3, -0.25) is 9.69 Å². The van der Waals surface area contributed by atoms with Crippen molar-refractivity contribution < 1.29 is 9.53 Å². The molecule has 0 radical (unpaired) electrons. The molecule has 4 nitrogen and oxygen atoms in total. The Hall–Kier alpha value is -3.70. The number of anilines is 2. The van der Waals surface area contributed by atoms with Crippen molar-refractivity contribution in [1.29, 1.82) is 0 Å².